The number of nitrogens with zero attached hydrogens (tertiary/aromatic N) is 3. The highest BCUT2D eigenvalue weighted by molar-refractivity contribution is 7.91. The van der Waals surface area contributed by atoms with Gasteiger partial charge >= 0.3 is 0 Å². The van der Waals surface area contributed by atoms with Crippen LogP contribution in [0.5, 0.6) is 0 Å². The largest absolute Gasteiger partial charge is 0.355 e. The highest BCUT2D eigenvalue weighted by Gasteiger charge is 2.31. The highest BCUT2D eigenvalue weighted by Crippen LogP contribution is 2.27. The number of nitrogens with one attached hydrogen (secondary N) is 1. The third-order valence-electron chi connectivity index (χ3n) is 5.45. The van der Waals surface area contributed by atoms with Crippen molar-refractivity contribution < 1.29 is 13.2 Å². The Labute approximate surface area is 173 Å². The van der Waals surface area contributed by atoms with Crippen LogP contribution in [0.1, 0.15) is 35.0 Å². The van der Waals surface area contributed by atoms with Gasteiger partial charge in [0.05, 0.1) is 29.8 Å². The molecule has 2 heterocycles. The van der Waals surface area contributed by atoms with Gasteiger partial charge in [0, 0.05) is 24.3 Å². The second kappa shape index (κ2) is 9.09. The van der Waals surface area contributed by atoms with Gasteiger partial charge in [-0.15, -0.1) is 0 Å². The van der Waals surface area contributed by atoms with Crippen LogP contribution in [0.25, 0.3) is 0 Å². The van der Waals surface area contributed by atoms with Crippen LogP contribution in [0.4, 0.5) is 0 Å². The predicted molar refractivity (Wildman–Crippen MR) is 113 cm³/mol. The summed E-state index contributed by atoms with van der Waals surface area (Å²) in [6.07, 6.45) is 1.43. The molecule has 1 amide bonds. The maximum Gasteiger partial charge on any atom is 0.234 e. The van der Waals surface area contributed by atoms with Gasteiger partial charge in [0.2, 0.25) is 5.91 Å². The molecular formula is C21H30N4O3S. The maximum absolute atomic E-state index is 12.2. The fraction of sp³-hybridized carbons (Fsp3) is 0.524. The van der Waals surface area contributed by atoms with E-state index in [2.05, 4.69) is 22.5 Å². The van der Waals surface area contributed by atoms with Crippen LogP contribution in [0.15, 0.2) is 30.3 Å². The first-order valence-corrected chi connectivity index (χ1v) is 11.8. The molecule has 158 valence electrons. The van der Waals surface area contributed by atoms with Crippen LogP contribution in [-0.2, 0) is 27.6 Å². The molecule has 3 rings (SSSR count). The van der Waals surface area contributed by atoms with Gasteiger partial charge in [0.15, 0.2) is 9.84 Å². The second-order valence-corrected chi connectivity index (χ2v) is 10.1. The lowest BCUT2D eigenvalue weighted by Crippen LogP contribution is -2.36. The molecule has 0 bridgehead atoms. The molecule has 0 radical (unpaired) electrons. The molecule has 1 aromatic carbocycles. The minimum atomic E-state index is -2.96. The van der Waals surface area contributed by atoms with E-state index in [-0.39, 0.29) is 23.5 Å². The molecule has 2 aromatic rings. The Morgan fingerprint density at radius 3 is 2.66 bits per heavy atom. The van der Waals surface area contributed by atoms with Gasteiger partial charge in [-0.05, 0) is 39.3 Å². The fourth-order valence-electron chi connectivity index (χ4n) is 3.87. The first-order chi connectivity index (χ1) is 13.7. The van der Waals surface area contributed by atoms with Gasteiger partial charge in [-0.3, -0.25) is 14.4 Å². The van der Waals surface area contributed by atoms with Crippen molar-refractivity contribution in [3.63, 3.8) is 0 Å². The van der Waals surface area contributed by atoms with E-state index in [0.717, 1.165) is 23.4 Å². The topological polar surface area (TPSA) is 84.3 Å². The van der Waals surface area contributed by atoms with Crippen molar-refractivity contribution >= 4 is 15.7 Å². The van der Waals surface area contributed by atoms with Crippen LogP contribution in [-0.4, -0.2) is 60.6 Å². The molecule has 1 N–H and O–H groups in total. The zero-order chi connectivity index (χ0) is 21.0. The Bertz CT molecular complexity index is 954. The van der Waals surface area contributed by atoms with Crippen molar-refractivity contribution in [3.05, 3.63) is 52.8 Å². The third-order valence-corrected chi connectivity index (χ3v) is 7.20. The van der Waals surface area contributed by atoms with Crippen LogP contribution in [0.3, 0.4) is 0 Å². The number of benzene rings is 1. The minimum Gasteiger partial charge on any atom is -0.355 e. The number of aromatic nitrogens is 2. The van der Waals surface area contributed by atoms with E-state index in [1.807, 2.05) is 48.7 Å². The Kier molecular flexibility index (Phi) is 6.74. The molecule has 0 unspecified atom stereocenters. The zero-order valence-electron chi connectivity index (χ0n) is 17.4. The standard InChI is InChI=1S/C21H30N4O3S/c1-16-20(17(2)25(23-16)19-10-12-29(27,28)15-19)13-24(3)14-21(26)22-11-9-18-7-5-4-6-8-18/h4-8,19H,9-15H2,1-3H3,(H,22,26)/t19-/m1/s1. The smallest absolute Gasteiger partial charge is 0.234 e. The summed E-state index contributed by atoms with van der Waals surface area (Å²) in [4.78, 5) is 14.2. The van der Waals surface area contributed by atoms with Crippen molar-refractivity contribution in [2.45, 2.75) is 39.3 Å². The maximum atomic E-state index is 12.2. The Morgan fingerprint density at radius 1 is 1.28 bits per heavy atom. The number of likely N-dealkylation sites (N-methyl/N-ethyl adjacent to an activating group) is 1. The summed E-state index contributed by atoms with van der Waals surface area (Å²) in [7, 11) is -1.05. The number of carbonyl (C=O) groups excluding carboxylic acids is 1. The normalized spacial score (nSPS) is 18.3. The quantitative estimate of drug-likeness (QED) is 0.705. The van der Waals surface area contributed by atoms with Crippen molar-refractivity contribution in [2.75, 3.05) is 31.6 Å². The molecule has 29 heavy (non-hydrogen) atoms. The summed E-state index contributed by atoms with van der Waals surface area (Å²) in [5, 5.41) is 7.57. The molecule has 8 heteroatoms. The van der Waals surface area contributed by atoms with Crippen LogP contribution < -0.4 is 5.32 Å². The molecular weight excluding hydrogens is 388 g/mol. The van der Waals surface area contributed by atoms with E-state index in [1.165, 1.54) is 5.56 Å². The van der Waals surface area contributed by atoms with Crippen molar-refractivity contribution in [1.29, 1.82) is 0 Å². The van der Waals surface area contributed by atoms with E-state index in [4.69, 9.17) is 0 Å². The summed E-state index contributed by atoms with van der Waals surface area (Å²) < 4.78 is 25.5. The van der Waals surface area contributed by atoms with E-state index in [0.29, 0.717) is 26.1 Å². The molecule has 1 aliphatic rings. The van der Waals surface area contributed by atoms with Gasteiger partial charge in [-0.25, -0.2) is 8.42 Å². The third kappa shape index (κ3) is 5.67. The summed E-state index contributed by atoms with van der Waals surface area (Å²) in [6.45, 7) is 5.44. The van der Waals surface area contributed by atoms with E-state index >= 15 is 0 Å². The van der Waals surface area contributed by atoms with Gasteiger partial charge in [0.25, 0.3) is 0 Å². The number of rotatable bonds is 8. The average molecular weight is 419 g/mol. The molecule has 7 nitrogen and oxygen atoms in total. The molecule has 0 spiro atoms. The lowest BCUT2D eigenvalue weighted by atomic mass is 10.1. The van der Waals surface area contributed by atoms with Crippen molar-refractivity contribution in [3.8, 4) is 0 Å². The van der Waals surface area contributed by atoms with Crippen molar-refractivity contribution in [1.82, 2.24) is 20.0 Å². The number of sulfone groups is 1. The van der Waals surface area contributed by atoms with Gasteiger partial charge < -0.3 is 5.32 Å². The van der Waals surface area contributed by atoms with E-state index in [9.17, 15) is 13.2 Å². The number of amides is 1. The molecule has 1 atom stereocenters. The molecule has 0 saturated carbocycles. The Hall–Kier alpha value is -2.19. The number of hydrogen-bond acceptors (Lipinski definition) is 5. The number of carbonyl (C=O) groups is 1. The van der Waals surface area contributed by atoms with Gasteiger partial charge in [0.1, 0.15) is 0 Å². The highest BCUT2D eigenvalue weighted by atomic mass is 32.2. The van der Waals surface area contributed by atoms with Crippen LogP contribution in [0, 0.1) is 13.8 Å². The molecule has 1 aliphatic heterocycles. The molecule has 0 aliphatic carbocycles. The lowest BCUT2D eigenvalue weighted by molar-refractivity contribution is -0.122. The monoisotopic (exact) mass is 418 g/mol. The van der Waals surface area contributed by atoms with E-state index in [1.54, 1.807) is 0 Å². The minimum absolute atomic E-state index is 0.00647. The SMILES string of the molecule is Cc1nn([C@@H]2CCS(=O)(=O)C2)c(C)c1CN(C)CC(=O)NCCc1ccccc1. The van der Waals surface area contributed by atoms with Crippen LogP contribution in [0.2, 0.25) is 0 Å². The summed E-state index contributed by atoms with van der Waals surface area (Å²) in [5.41, 5.74) is 4.15. The molecule has 1 fully saturated rings. The van der Waals surface area contributed by atoms with Gasteiger partial charge in [-0.2, -0.15) is 5.10 Å². The summed E-state index contributed by atoms with van der Waals surface area (Å²) in [6, 6.07) is 10.00. The first-order valence-electron chi connectivity index (χ1n) is 9.99. The second-order valence-electron chi connectivity index (χ2n) is 7.91. The Morgan fingerprint density at radius 2 is 2.00 bits per heavy atom. The van der Waals surface area contributed by atoms with Gasteiger partial charge in [-0.1, -0.05) is 30.3 Å². The lowest BCUT2D eigenvalue weighted by Gasteiger charge is -2.17. The number of hydrogen-bond donors (Lipinski definition) is 1. The zero-order valence-corrected chi connectivity index (χ0v) is 18.2. The Balaban J connectivity index is 1.52. The fourth-order valence-corrected chi connectivity index (χ4v) is 5.56. The number of aryl methyl sites for hydroxylation is 1. The molecule has 1 aromatic heterocycles. The average Bonchev–Trinajstić information content (AvgIpc) is 3.16. The predicted octanol–water partition coefficient (Wildman–Crippen LogP) is 1.65. The summed E-state index contributed by atoms with van der Waals surface area (Å²) in [5.74, 6) is 0.385. The molecule has 1 saturated heterocycles. The van der Waals surface area contributed by atoms with Crippen molar-refractivity contribution in [2.24, 2.45) is 0 Å². The summed E-state index contributed by atoms with van der Waals surface area (Å²) >= 11 is 0. The van der Waals surface area contributed by atoms with E-state index < -0.39 is 9.84 Å². The first kappa shape index (κ1) is 21.5. The van der Waals surface area contributed by atoms with Crippen LogP contribution >= 0.6 is 0 Å².